The molecule has 1 aliphatic heterocycles. The summed E-state index contributed by atoms with van der Waals surface area (Å²) in [6.45, 7) is 0. The Balaban J connectivity index is 1.89. The van der Waals surface area contributed by atoms with Crippen LogP contribution in [-0.2, 0) is 4.74 Å². The van der Waals surface area contributed by atoms with E-state index in [2.05, 4.69) is 0 Å². The zero-order valence-corrected chi connectivity index (χ0v) is 17.7. The Morgan fingerprint density at radius 1 is 0.552 bits per heavy atom. The molecule has 0 radical (unpaired) electrons. The summed E-state index contributed by atoms with van der Waals surface area (Å²) < 4.78 is 39.1. The van der Waals surface area contributed by atoms with Crippen molar-refractivity contribution < 1.29 is 33.2 Å². The second-order valence-corrected chi connectivity index (χ2v) is 6.61. The molecule has 2 unspecified atom stereocenters. The molecule has 0 saturated carbocycles. The van der Waals surface area contributed by atoms with Crippen LogP contribution in [0.1, 0.15) is 36.2 Å². The van der Waals surface area contributed by atoms with Crippen molar-refractivity contribution in [2.24, 2.45) is 0 Å². The van der Waals surface area contributed by atoms with Gasteiger partial charge in [0.05, 0.1) is 54.9 Å². The number of hydrogen-bond acceptors (Lipinski definition) is 7. The fourth-order valence-electron chi connectivity index (χ4n) is 3.70. The number of ether oxygens (including phenoxy) is 7. The van der Waals surface area contributed by atoms with Crippen molar-refractivity contribution >= 4 is 0 Å². The highest BCUT2D eigenvalue weighted by Crippen LogP contribution is 2.48. The third kappa shape index (κ3) is 4.00. The Morgan fingerprint density at radius 2 is 0.862 bits per heavy atom. The second-order valence-electron chi connectivity index (χ2n) is 6.61. The van der Waals surface area contributed by atoms with Gasteiger partial charge >= 0.3 is 0 Å². The van der Waals surface area contributed by atoms with E-state index in [0.29, 0.717) is 34.5 Å². The summed E-state index contributed by atoms with van der Waals surface area (Å²) in [5.74, 6) is 3.59. The minimum atomic E-state index is -0.0900. The predicted octanol–water partition coefficient (Wildman–Crippen LogP) is 4.33. The van der Waals surface area contributed by atoms with E-state index in [1.54, 1.807) is 42.7 Å². The average molecular weight is 404 g/mol. The van der Waals surface area contributed by atoms with E-state index in [1.165, 1.54) is 0 Å². The maximum Gasteiger partial charge on any atom is 0.203 e. The first kappa shape index (κ1) is 20.9. The van der Waals surface area contributed by atoms with Gasteiger partial charge in [-0.05, 0) is 48.2 Å². The third-order valence-corrected chi connectivity index (χ3v) is 5.14. The molecular formula is C22H28O7. The molecule has 0 spiro atoms. The van der Waals surface area contributed by atoms with Crippen molar-refractivity contribution in [3.05, 3.63) is 35.4 Å². The van der Waals surface area contributed by atoms with E-state index in [4.69, 9.17) is 33.2 Å². The van der Waals surface area contributed by atoms with Gasteiger partial charge in [-0.2, -0.15) is 0 Å². The molecule has 0 aromatic heterocycles. The lowest BCUT2D eigenvalue weighted by Crippen LogP contribution is -2.03. The van der Waals surface area contributed by atoms with Gasteiger partial charge in [-0.15, -0.1) is 0 Å². The van der Waals surface area contributed by atoms with Crippen molar-refractivity contribution in [2.45, 2.75) is 25.0 Å². The monoisotopic (exact) mass is 404 g/mol. The fraction of sp³-hybridized carbons (Fsp3) is 0.455. The summed E-state index contributed by atoms with van der Waals surface area (Å²) in [5.41, 5.74) is 1.96. The largest absolute Gasteiger partial charge is 0.493 e. The Bertz CT molecular complexity index is 730. The highest BCUT2D eigenvalue weighted by atomic mass is 16.5. The highest BCUT2D eigenvalue weighted by molar-refractivity contribution is 5.55. The van der Waals surface area contributed by atoms with Gasteiger partial charge in [-0.1, -0.05) is 0 Å². The van der Waals surface area contributed by atoms with E-state index in [1.807, 2.05) is 24.3 Å². The average Bonchev–Trinajstić information content (AvgIpc) is 3.27. The number of methoxy groups -OCH3 is 6. The zero-order chi connectivity index (χ0) is 21.0. The molecule has 1 aliphatic rings. The van der Waals surface area contributed by atoms with E-state index < -0.39 is 0 Å². The molecule has 0 aliphatic carbocycles. The van der Waals surface area contributed by atoms with Gasteiger partial charge in [0.15, 0.2) is 23.0 Å². The Kier molecular flexibility index (Phi) is 6.59. The highest BCUT2D eigenvalue weighted by Gasteiger charge is 2.31. The van der Waals surface area contributed by atoms with E-state index >= 15 is 0 Å². The fourth-order valence-corrected chi connectivity index (χ4v) is 3.70. The van der Waals surface area contributed by atoms with Gasteiger partial charge < -0.3 is 33.2 Å². The molecule has 0 bridgehead atoms. The summed E-state index contributed by atoms with van der Waals surface area (Å²) in [5, 5.41) is 0. The quantitative estimate of drug-likeness (QED) is 0.649. The maximum atomic E-state index is 6.37. The maximum absolute atomic E-state index is 6.37. The zero-order valence-electron chi connectivity index (χ0n) is 17.7. The van der Waals surface area contributed by atoms with Crippen molar-refractivity contribution in [2.75, 3.05) is 42.7 Å². The molecule has 2 aromatic rings. The van der Waals surface area contributed by atoms with Crippen LogP contribution in [0.4, 0.5) is 0 Å². The van der Waals surface area contributed by atoms with Crippen LogP contribution in [0.3, 0.4) is 0 Å². The Hall–Kier alpha value is -2.80. The van der Waals surface area contributed by atoms with Crippen LogP contribution in [-0.4, -0.2) is 42.7 Å². The molecular weight excluding hydrogens is 376 g/mol. The van der Waals surface area contributed by atoms with Gasteiger partial charge in [0.1, 0.15) is 0 Å². The topological polar surface area (TPSA) is 64.6 Å². The van der Waals surface area contributed by atoms with Gasteiger partial charge in [0.25, 0.3) is 0 Å². The van der Waals surface area contributed by atoms with Crippen LogP contribution < -0.4 is 28.4 Å². The molecule has 0 N–H and O–H groups in total. The molecule has 7 heteroatoms. The molecule has 7 nitrogen and oxygen atoms in total. The summed E-state index contributed by atoms with van der Waals surface area (Å²) >= 11 is 0. The second kappa shape index (κ2) is 9.13. The minimum absolute atomic E-state index is 0.0900. The first-order chi connectivity index (χ1) is 14.1. The van der Waals surface area contributed by atoms with Gasteiger partial charge in [0, 0.05) is 0 Å². The minimum Gasteiger partial charge on any atom is -0.493 e. The van der Waals surface area contributed by atoms with E-state index in [-0.39, 0.29) is 12.2 Å². The van der Waals surface area contributed by atoms with Gasteiger partial charge in [-0.25, -0.2) is 0 Å². The third-order valence-electron chi connectivity index (χ3n) is 5.14. The van der Waals surface area contributed by atoms with Gasteiger partial charge in [-0.3, -0.25) is 0 Å². The van der Waals surface area contributed by atoms with Crippen LogP contribution in [0, 0.1) is 0 Å². The van der Waals surface area contributed by atoms with Crippen LogP contribution in [0.5, 0.6) is 34.5 Å². The molecule has 2 atom stereocenters. The van der Waals surface area contributed by atoms with Crippen LogP contribution in [0.15, 0.2) is 24.3 Å². The molecule has 29 heavy (non-hydrogen) atoms. The van der Waals surface area contributed by atoms with E-state index in [9.17, 15) is 0 Å². The van der Waals surface area contributed by atoms with Gasteiger partial charge in [0.2, 0.25) is 11.5 Å². The molecule has 1 fully saturated rings. The lowest BCUT2D eigenvalue weighted by Gasteiger charge is -2.19. The van der Waals surface area contributed by atoms with Crippen LogP contribution in [0.25, 0.3) is 0 Å². The molecule has 2 aromatic carbocycles. The number of rotatable bonds is 8. The first-order valence-corrected chi connectivity index (χ1v) is 9.35. The van der Waals surface area contributed by atoms with Crippen molar-refractivity contribution in [1.82, 2.24) is 0 Å². The van der Waals surface area contributed by atoms with Crippen molar-refractivity contribution in [1.29, 1.82) is 0 Å². The Labute approximate surface area is 171 Å². The predicted molar refractivity (Wildman–Crippen MR) is 108 cm³/mol. The summed E-state index contributed by atoms with van der Waals surface area (Å²) in [6.07, 6.45) is 1.54. The van der Waals surface area contributed by atoms with E-state index in [0.717, 1.165) is 24.0 Å². The lowest BCUT2D eigenvalue weighted by atomic mass is 10.0. The SMILES string of the molecule is COc1cc(C2CCC(c3cc(OC)c(OC)c(OC)c3)O2)cc(OC)c1OC. The molecule has 158 valence electrons. The van der Waals surface area contributed by atoms with Crippen molar-refractivity contribution in [3.63, 3.8) is 0 Å². The first-order valence-electron chi connectivity index (χ1n) is 9.35. The van der Waals surface area contributed by atoms with Crippen LogP contribution >= 0.6 is 0 Å². The lowest BCUT2D eigenvalue weighted by molar-refractivity contribution is 0.0435. The number of benzene rings is 2. The molecule has 1 heterocycles. The normalized spacial score (nSPS) is 18.3. The summed E-state index contributed by atoms with van der Waals surface area (Å²) in [7, 11) is 9.61. The summed E-state index contributed by atoms with van der Waals surface area (Å²) in [6, 6.07) is 7.74. The van der Waals surface area contributed by atoms with Crippen LogP contribution in [0.2, 0.25) is 0 Å². The Morgan fingerprint density at radius 3 is 1.10 bits per heavy atom. The summed E-state index contributed by atoms with van der Waals surface area (Å²) in [4.78, 5) is 0. The molecule has 3 rings (SSSR count). The number of hydrogen-bond donors (Lipinski definition) is 0. The van der Waals surface area contributed by atoms with Crippen molar-refractivity contribution in [3.8, 4) is 34.5 Å². The molecule has 1 saturated heterocycles. The standard InChI is InChI=1S/C22H28O7/c1-23-17-9-13(10-18(24-2)21(17)27-5)15-7-8-16(29-15)14-11-19(25-3)22(28-6)20(12-14)26-4/h9-12,15-16H,7-8H2,1-6H3. The molecule has 0 amide bonds. The smallest absolute Gasteiger partial charge is 0.203 e.